The first-order valence-electron chi connectivity index (χ1n) is 3.37. The zero-order chi connectivity index (χ0) is 9.84. The number of anilines is 1. The number of aliphatic imine (C=N–C) groups is 1. The Labute approximate surface area is 92.3 Å². The first kappa shape index (κ1) is 10.7. The van der Waals surface area contributed by atoms with Crippen LogP contribution in [0, 0.1) is 3.57 Å². The van der Waals surface area contributed by atoms with E-state index in [0.29, 0.717) is 11.4 Å². The van der Waals surface area contributed by atoms with Crippen LogP contribution in [0.2, 0.25) is 0 Å². The van der Waals surface area contributed by atoms with Crippen molar-refractivity contribution < 1.29 is 4.84 Å². The molecule has 0 heterocycles. The molecule has 0 spiro atoms. The van der Waals surface area contributed by atoms with Crippen LogP contribution in [0.15, 0.2) is 17.1 Å². The summed E-state index contributed by atoms with van der Waals surface area (Å²) in [4.78, 5) is 8.86. The Morgan fingerprint density at radius 3 is 2.85 bits per heavy atom. The maximum absolute atomic E-state index is 5.69. The Morgan fingerprint density at radius 2 is 2.31 bits per heavy atom. The van der Waals surface area contributed by atoms with Gasteiger partial charge < -0.3 is 10.6 Å². The molecule has 0 aliphatic heterocycles. The lowest BCUT2D eigenvalue weighted by atomic mass is 10.2. The Balaban J connectivity index is 3.14. The second kappa shape index (κ2) is 4.74. The van der Waals surface area contributed by atoms with Crippen molar-refractivity contribution in [3.8, 4) is 5.75 Å². The summed E-state index contributed by atoms with van der Waals surface area (Å²) in [6, 6.07) is 3.50. The van der Waals surface area contributed by atoms with Crippen LogP contribution >= 0.6 is 32.0 Å². The zero-order valence-electron chi connectivity index (χ0n) is 6.75. The van der Waals surface area contributed by atoms with E-state index in [1.54, 1.807) is 12.1 Å². The molecule has 70 valence electrons. The molecule has 0 aliphatic rings. The van der Waals surface area contributed by atoms with E-state index < -0.39 is 0 Å². The topological polar surface area (TPSA) is 59.6 Å². The standard InChI is InChI=1S/C7H9IN3OP/c1-10-6-3-7(12-11-13)5(9)2-4(6)8/h2-3,11H,1,9,13H2. The number of hydrogen-bond donors (Lipinski definition) is 2. The average Bonchev–Trinajstić information content (AvgIpc) is 2.10. The maximum Gasteiger partial charge on any atom is 0.172 e. The molecule has 6 heteroatoms. The lowest BCUT2D eigenvalue weighted by Crippen LogP contribution is -2.05. The third-order valence-electron chi connectivity index (χ3n) is 1.42. The number of nitrogens with one attached hydrogen (secondary N) is 1. The fraction of sp³-hybridized carbons (Fsp3) is 0. The second-order valence-electron chi connectivity index (χ2n) is 2.22. The van der Waals surface area contributed by atoms with Gasteiger partial charge in [-0.2, -0.15) is 0 Å². The monoisotopic (exact) mass is 309 g/mol. The zero-order valence-corrected chi connectivity index (χ0v) is 10.1. The SMILES string of the molecule is C=Nc1cc(ONP)c(N)cc1I. The van der Waals surface area contributed by atoms with Crippen molar-refractivity contribution in [1.29, 1.82) is 0 Å². The molecule has 0 saturated heterocycles. The highest BCUT2D eigenvalue weighted by molar-refractivity contribution is 14.1. The molecule has 0 amide bonds. The van der Waals surface area contributed by atoms with Gasteiger partial charge in [0.15, 0.2) is 5.75 Å². The summed E-state index contributed by atoms with van der Waals surface area (Å²) in [7, 11) is 2.22. The van der Waals surface area contributed by atoms with E-state index in [-0.39, 0.29) is 0 Å². The van der Waals surface area contributed by atoms with Gasteiger partial charge in [0.25, 0.3) is 0 Å². The Bertz CT molecular complexity index is 332. The Kier molecular flexibility index (Phi) is 3.90. The largest absolute Gasteiger partial charge is 0.403 e. The molecule has 13 heavy (non-hydrogen) atoms. The van der Waals surface area contributed by atoms with Gasteiger partial charge in [0.05, 0.1) is 11.4 Å². The van der Waals surface area contributed by atoms with E-state index in [1.807, 2.05) is 0 Å². The van der Waals surface area contributed by atoms with Crippen molar-refractivity contribution in [3.05, 3.63) is 15.7 Å². The number of nitrogens with two attached hydrogens (primary N) is 1. The van der Waals surface area contributed by atoms with Crippen molar-refractivity contribution in [2.75, 3.05) is 5.73 Å². The molecule has 1 unspecified atom stereocenters. The molecular formula is C7H9IN3OP. The number of nitrogens with zero attached hydrogens (tertiary/aromatic N) is 1. The van der Waals surface area contributed by atoms with E-state index in [9.17, 15) is 0 Å². The smallest absolute Gasteiger partial charge is 0.172 e. The highest BCUT2D eigenvalue weighted by Crippen LogP contribution is 2.31. The summed E-state index contributed by atoms with van der Waals surface area (Å²) in [6.45, 7) is 3.45. The molecule has 0 fully saturated rings. The summed E-state index contributed by atoms with van der Waals surface area (Å²) in [5.41, 5.74) is 7.01. The lowest BCUT2D eigenvalue weighted by molar-refractivity contribution is 0.286. The van der Waals surface area contributed by atoms with E-state index in [0.717, 1.165) is 9.26 Å². The van der Waals surface area contributed by atoms with E-state index in [2.05, 4.69) is 48.9 Å². The van der Waals surface area contributed by atoms with Crippen LogP contribution in [-0.4, -0.2) is 6.72 Å². The fourth-order valence-electron chi connectivity index (χ4n) is 0.831. The van der Waals surface area contributed by atoms with Gasteiger partial charge in [-0.15, -0.1) is 5.25 Å². The molecule has 3 N–H and O–H groups in total. The summed E-state index contributed by atoms with van der Waals surface area (Å²) in [6.07, 6.45) is 0. The first-order valence-corrected chi connectivity index (χ1v) is 5.03. The highest BCUT2D eigenvalue weighted by Gasteiger charge is 2.05. The van der Waals surface area contributed by atoms with Crippen molar-refractivity contribution in [2.45, 2.75) is 0 Å². The van der Waals surface area contributed by atoms with Crippen molar-refractivity contribution >= 4 is 50.1 Å². The predicted molar refractivity (Wildman–Crippen MR) is 66.3 cm³/mol. The van der Waals surface area contributed by atoms with Crippen LogP contribution in [0.1, 0.15) is 0 Å². The first-order chi connectivity index (χ1) is 6.19. The Morgan fingerprint density at radius 1 is 1.62 bits per heavy atom. The van der Waals surface area contributed by atoms with Gasteiger partial charge in [0.1, 0.15) is 0 Å². The minimum absolute atomic E-state index is 0.540. The molecule has 0 aromatic heterocycles. The van der Waals surface area contributed by atoms with Crippen molar-refractivity contribution in [3.63, 3.8) is 0 Å². The van der Waals surface area contributed by atoms with Crippen LogP contribution in [0.4, 0.5) is 11.4 Å². The maximum atomic E-state index is 5.69. The van der Waals surface area contributed by atoms with Crippen LogP contribution < -0.4 is 15.8 Å². The molecule has 1 rings (SSSR count). The summed E-state index contributed by atoms with van der Waals surface area (Å²) in [5, 5.41) is 2.47. The quantitative estimate of drug-likeness (QED) is 0.295. The molecule has 4 nitrogen and oxygen atoms in total. The van der Waals surface area contributed by atoms with Gasteiger partial charge in [-0.25, -0.2) is 0 Å². The second-order valence-corrected chi connectivity index (χ2v) is 3.62. The van der Waals surface area contributed by atoms with Crippen LogP contribution in [0.25, 0.3) is 0 Å². The van der Waals surface area contributed by atoms with Gasteiger partial charge in [0, 0.05) is 9.64 Å². The molecule has 0 aliphatic carbocycles. The number of nitrogen functional groups attached to an aromatic ring is 1. The van der Waals surface area contributed by atoms with Crippen LogP contribution in [0.5, 0.6) is 5.75 Å². The minimum atomic E-state index is 0.540. The van der Waals surface area contributed by atoms with E-state index >= 15 is 0 Å². The van der Waals surface area contributed by atoms with Crippen molar-refractivity contribution in [1.82, 2.24) is 5.25 Å². The van der Waals surface area contributed by atoms with Gasteiger partial charge >= 0.3 is 0 Å². The molecule has 1 aromatic rings. The van der Waals surface area contributed by atoms with Crippen molar-refractivity contribution in [2.24, 2.45) is 4.99 Å². The third kappa shape index (κ3) is 2.52. The number of rotatable bonds is 3. The number of benzene rings is 1. The summed E-state index contributed by atoms with van der Waals surface area (Å²) in [5.74, 6) is 0.540. The molecule has 0 radical (unpaired) electrons. The highest BCUT2D eigenvalue weighted by atomic mass is 127. The van der Waals surface area contributed by atoms with Gasteiger partial charge in [0.2, 0.25) is 0 Å². The number of hydrogen-bond acceptors (Lipinski definition) is 4. The van der Waals surface area contributed by atoms with Crippen LogP contribution in [0.3, 0.4) is 0 Å². The predicted octanol–water partition coefficient (Wildman–Crippen LogP) is 1.88. The molecule has 1 atom stereocenters. The number of halogens is 1. The molecular weight excluding hydrogens is 300 g/mol. The normalized spacial score (nSPS) is 9.69. The average molecular weight is 309 g/mol. The molecule has 0 bridgehead atoms. The van der Waals surface area contributed by atoms with Gasteiger partial charge in [-0.3, -0.25) is 4.99 Å². The van der Waals surface area contributed by atoms with Crippen LogP contribution in [-0.2, 0) is 0 Å². The minimum Gasteiger partial charge on any atom is -0.403 e. The van der Waals surface area contributed by atoms with E-state index in [4.69, 9.17) is 10.6 Å². The molecule has 1 aromatic carbocycles. The van der Waals surface area contributed by atoms with Gasteiger partial charge in [-0.05, 0) is 44.8 Å². The summed E-state index contributed by atoms with van der Waals surface area (Å²) >= 11 is 2.14. The molecule has 0 saturated carbocycles. The van der Waals surface area contributed by atoms with Gasteiger partial charge in [-0.1, -0.05) is 0 Å². The third-order valence-corrected chi connectivity index (χ3v) is 2.40. The lowest BCUT2D eigenvalue weighted by Gasteiger charge is -2.07. The van der Waals surface area contributed by atoms with E-state index in [1.165, 1.54) is 0 Å². The fourth-order valence-corrected chi connectivity index (χ4v) is 1.62. The summed E-state index contributed by atoms with van der Waals surface area (Å²) < 4.78 is 0.946. The Hall–Kier alpha value is -0.390.